The van der Waals surface area contributed by atoms with Crippen LogP contribution in [0.3, 0.4) is 0 Å². The molecule has 2 aromatic rings. The molecule has 0 unspecified atom stereocenters. The van der Waals surface area contributed by atoms with Gasteiger partial charge in [0.25, 0.3) is 0 Å². The Morgan fingerprint density at radius 2 is 1.58 bits per heavy atom. The number of benzene rings is 2. The molecule has 0 radical (unpaired) electrons. The maximum Gasteiger partial charge on any atom is 0.316 e. The van der Waals surface area contributed by atoms with E-state index in [1.54, 1.807) is 30.0 Å². The first kappa shape index (κ1) is 24.0. The molecule has 1 aliphatic carbocycles. The van der Waals surface area contributed by atoms with Crippen LogP contribution >= 0.6 is 0 Å². The van der Waals surface area contributed by atoms with Crippen molar-refractivity contribution in [2.75, 3.05) is 16.3 Å². The van der Waals surface area contributed by atoms with Crippen molar-refractivity contribution in [3.8, 4) is 5.75 Å². The number of carbonyl (C=O) groups is 4. The average molecular weight is 487 g/mol. The lowest BCUT2D eigenvalue weighted by Crippen LogP contribution is -2.31. The van der Waals surface area contributed by atoms with Gasteiger partial charge in [-0.3, -0.25) is 19.2 Å². The third kappa shape index (κ3) is 4.02. The normalized spacial score (nSPS) is 23.7. The van der Waals surface area contributed by atoms with E-state index >= 15 is 0 Å². The van der Waals surface area contributed by atoms with E-state index in [-0.39, 0.29) is 42.5 Å². The van der Waals surface area contributed by atoms with Gasteiger partial charge in [-0.05, 0) is 75.4 Å². The maximum absolute atomic E-state index is 13.1. The molecule has 2 fully saturated rings. The Balaban J connectivity index is 1.30. The summed E-state index contributed by atoms with van der Waals surface area (Å²) in [6, 6.07) is 10.8. The average Bonchev–Trinajstić information content (AvgIpc) is 3.31. The molecule has 2 aromatic carbocycles. The Morgan fingerprint density at radius 1 is 0.889 bits per heavy atom. The number of carbonyl (C=O) groups excluding carboxylic acids is 4. The number of nitrogens with zero attached hydrogens (tertiary/aromatic N) is 2. The van der Waals surface area contributed by atoms with Crippen molar-refractivity contribution in [3.05, 3.63) is 64.7 Å². The molecule has 0 spiro atoms. The van der Waals surface area contributed by atoms with E-state index in [4.69, 9.17) is 4.74 Å². The summed E-state index contributed by atoms with van der Waals surface area (Å²) >= 11 is 0. The molecule has 7 nitrogen and oxygen atoms in total. The standard InChI is InChI=1S/C29H30N2O5/c1-16-8-10-22-23(12-16)28(34)31(27(22)33)24-11-9-21(13-19(24)4)36-29(35)20-14-25(32)30(15-20)26-17(2)6-5-7-18(26)3/h5-9,11,13,20,22-23H,10,12,14-15H2,1-4H3/t20-,22+,23-/m1/s1. The number of amides is 3. The van der Waals surface area contributed by atoms with Crippen LogP contribution in [0.1, 0.15) is 42.9 Å². The zero-order valence-electron chi connectivity index (χ0n) is 21.0. The van der Waals surface area contributed by atoms with E-state index in [0.29, 0.717) is 29.8 Å². The Morgan fingerprint density at radius 3 is 2.28 bits per heavy atom. The Bertz CT molecular complexity index is 1310. The highest BCUT2D eigenvalue weighted by molar-refractivity contribution is 6.22. The number of imide groups is 1. The van der Waals surface area contributed by atoms with Crippen molar-refractivity contribution in [1.29, 1.82) is 0 Å². The van der Waals surface area contributed by atoms with E-state index in [1.165, 1.54) is 4.90 Å². The molecule has 2 saturated heterocycles. The molecule has 186 valence electrons. The van der Waals surface area contributed by atoms with E-state index < -0.39 is 11.9 Å². The SMILES string of the molecule is CC1=CC[C@@H]2C(=O)N(c3ccc(OC(=O)[C@@H]4CC(=O)N(c5c(C)cccc5C)C4)cc3C)C(=O)[C@@H]2C1. The van der Waals surface area contributed by atoms with Crippen LogP contribution in [-0.4, -0.2) is 30.2 Å². The summed E-state index contributed by atoms with van der Waals surface area (Å²) in [6.07, 6.45) is 3.34. The molecule has 0 saturated carbocycles. The number of esters is 1. The predicted octanol–water partition coefficient (Wildman–Crippen LogP) is 4.42. The van der Waals surface area contributed by atoms with E-state index in [1.807, 2.05) is 45.0 Å². The van der Waals surface area contributed by atoms with Crippen LogP contribution in [0.4, 0.5) is 11.4 Å². The second kappa shape index (κ2) is 9.04. The molecule has 2 aliphatic heterocycles. The third-order valence-corrected chi connectivity index (χ3v) is 7.62. The highest BCUT2D eigenvalue weighted by Gasteiger charge is 2.49. The van der Waals surface area contributed by atoms with Crippen LogP contribution in [0.15, 0.2) is 48.0 Å². The fraction of sp³-hybridized carbons (Fsp3) is 0.379. The smallest absolute Gasteiger partial charge is 0.316 e. The van der Waals surface area contributed by atoms with Crippen LogP contribution in [-0.2, 0) is 19.2 Å². The number of hydrogen-bond acceptors (Lipinski definition) is 5. The number of ether oxygens (including phenoxy) is 1. The van der Waals surface area contributed by atoms with Crippen molar-refractivity contribution in [1.82, 2.24) is 0 Å². The molecule has 5 rings (SSSR count). The number of anilines is 2. The first-order valence-corrected chi connectivity index (χ1v) is 12.4. The summed E-state index contributed by atoms with van der Waals surface area (Å²) in [5.74, 6) is -1.76. The van der Waals surface area contributed by atoms with Gasteiger partial charge in [0.15, 0.2) is 0 Å². The quantitative estimate of drug-likeness (QED) is 0.277. The molecule has 36 heavy (non-hydrogen) atoms. The molecule has 0 aromatic heterocycles. The second-order valence-electron chi connectivity index (χ2n) is 10.2. The minimum Gasteiger partial charge on any atom is -0.426 e. The summed E-state index contributed by atoms with van der Waals surface area (Å²) in [7, 11) is 0. The Hall–Kier alpha value is -3.74. The molecule has 0 bridgehead atoms. The van der Waals surface area contributed by atoms with Gasteiger partial charge < -0.3 is 9.64 Å². The first-order chi connectivity index (χ1) is 17.2. The summed E-state index contributed by atoms with van der Waals surface area (Å²) in [6.45, 7) is 7.96. The van der Waals surface area contributed by atoms with Gasteiger partial charge in [-0.25, -0.2) is 4.90 Å². The third-order valence-electron chi connectivity index (χ3n) is 7.62. The lowest BCUT2D eigenvalue weighted by molar-refractivity contribution is -0.139. The fourth-order valence-electron chi connectivity index (χ4n) is 5.73. The van der Waals surface area contributed by atoms with Gasteiger partial charge in [-0.1, -0.05) is 29.8 Å². The van der Waals surface area contributed by atoms with Crippen LogP contribution in [0, 0.1) is 38.5 Å². The Kier molecular flexibility index (Phi) is 6.02. The summed E-state index contributed by atoms with van der Waals surface area (Å²) in [5, 5.41) is 0. The zero-order valence-corrected chi connectivity index (χ0v) is 21.0. The minimum absolute atomic E-state index is 0.0939. The van der Waals surface area contributed by atoms with Crippen LogP contribution in [0.5, 0.6) is 5.75 Å². The lowest BCUT2D eigenvalue weighted by atomic mass is 9.82. The van der Waals surface area contributed by atoms with E-state index in [2.05, 4.69) is 0 Å². The number of allylic oxidation sites excluding steroid dienone is 2. The molecule has 2 heterocycles. The molecule has 3 aliphatic rings. The summed E-state index contributed by atoms with van der Waals surface area (Å²) in [5.41, 5.74) is 5.16. The van der Waals surface area contributed by atoms with E-state index in [9.17, 15) is 19.2 Å². The molecule has 3 atom stereocenters. The van der Waals surface area contributed by atoms with Crippen LogP contribution < -0.4 is 14.5 Å². The van der Waals surface area contributed by atoms with Gasteiger partial charge in [0.05, 0.1) is 23.4 Å². The molecule has 0 N–H and O–H groups in total. The van der Waals surface area contributed by atoms with E-state index in [0.717, 1.165) is 22.4 Å². The van der Waals surface area contributed by atoms with Gasteiger partial charge in [-0.2, -0.15) is 0 Å². The Labute approximate surface area is 210 Å². The lowest BCUT2D eigenvalue weighted by Gasteiger charge is -2.21. The number of fused-ring (bicyclic) bond motifs is 1. The van der Waals surface area contributed by atoms with Crippen molar-refractivity contribution in [3.63, 3.8) is 0 Å². The highest BCUT2D eigenvalue weighted by Crippen LogP contribution is 2.41. The van der Waals surface area contributed by atoms with Gasteiger partial charge in [0.2, 0.25) is 17.7 Å². The summed E-state index contributed by atoms with van der Waals surface area (Å²) in [4.78, 5) is 54.7. The monoisotopic (exact) mass is 486 g/mol. The fourth-order valence-corrected chi connectivity index (χ4v) is 5.73. The van der Waals surface area contributed by atoms with Crippen LogP contribution in [0.25, 0.3) is 0 Å². The summed E-state index contributed by atoms with van der Waals surface area (Å²) < 4.78 is 5.64. The number of para-hydroxylation sites is 1. The second-order valence-corrected chi connectivity index (χ2v) is 10.2. The van der Waals surface area contributed by atoms with Gasteiger partial charge >= 0.3 is 5.97 Å². The maximum atomic E-state index is 13.1. The predicted molar refractivity (Wildman–Crippen MR) is 136 cm³/mol. The number of hydrogen-bond donors (Lipinski definition) is 0. The number of aryl methyl sites for hydroxylation is 3. The van der Waals surface area contributed by atoms with Crippen molar-refractivity contribution in [2.24, 2.45) is 17.8 Å². The molecule has 7 heteroatoms. The van der Waals surface area contributed by atoms with Crippen molar-refractivity contribution < 1.29 is 23.9 Å². The van der Waals surface area contributed by atoms with Gasteiger partial charge in [0.1, 0.15) is 5.75 Å². The topological polar surface area (TPSA) is 84.0 Å². The first-order valence-electron chi connectivity index (χ1n) is 12.4. The van der Waals surface area contributed by atoms with Crippen LogP contribution in [0.2, 0.25) is 0 Å². The molecule has 3 amide bonds. The van der Waals surface area contributed by atoms with Gasteiger partial charge in [0, 0.05) is 18.7 Å². The largest absolute Gasteiger partial charge is 0.426 e. The zero-order chi connectivity index (χ0) is 25.7. The van der Waals surface area contributed by atoms with Gasteiger partial charge in [-0.15, -0.1) is 0 Å². The number of rotatable bonds is 4. The van der Waals surface area contributed by atoms with Crippen molar-refractivity contribution >= 4 is 35.1 Å². The molecular weight excluding hydrogens is 456 g/mol. The molecular formula is C29H30N2O5. The minimum atomic E-state index is -0.572. The van der Waals surface area contributed by atoms with Crippen molar-refractivity contribution in [2.45, 2.75) is 47.0 Å². The highest BCUT2D eigenvalue weighted by atomic mass is 16.5.